The molecule has 1 aromatic rings. The maximum absolute atomic E-state index is 12.5. The summed E-state index contributed by atoms with van der Waals surface area (Å²) in [6, 6.07) is -0.778. The van der Waals surface area contributed by atoms with Crippen LogP contribution in [0.4, 0.5) is 5.13 Å². The van der Waals surface area contributed by atoms with Crippen LogP contribution in [-0.4, -0.2) is 39.8 Å². The van der Waals surface area contributed by atoms with Crippen molar-refractivity contribution < 1.29 is 19.5 Å². The number of thiazole rings is 1. The van der Waals surface area contributed by atoms with E-state index >= 15 is 0 Å². The molecular weight excluding hydrogens is 342 g/mol. The lowest BCUT2D eigenvalue weighted by Gasteiger charge is -2.26. The molecule has 2 atom stereocenters. The monoisotopic (exact) mass is 369 g/mol. The van der Waals surface area contributed by atoms with Crippen LogP contribution in [0.1, 0.15) is 62.8 Å². The predicted molar refractivity (Wildman–Crippen MR) is 97.8 cm³/mol. The Kier molecular flexibility index (Phi) is 7.25. The zero-order valence-corrected chi connectivity index (χ0v) is 16.4. The van der Waals surface area contributed by atoms with Crippen LogP contribution in [0.15, 0.2) is 0 Å². The first-order valence-electron chi connectivity index (χ1n) is 8.25. The Bertz CT molecular complexity index is 649. The summed E-state index contributed by atoms with van der Waals surface area (Å²) in [5.74, 6) is -1.11. The number of aliphatic hydroxyl groups excluding tert-OH is 1. The van der Waals surface area contributed by atoms with Gasteiger partial charge in [-0.25, -0.2) is 4.98 Å². The first-order valence-corrected chi connectivity index (χ1v) is 9.06. The average Bonchev–Trinajstić information content (AvgIpc) is 2.85. The molecule has 0 saturated heterocycles. The van der Waals surface area contributed by atoms with Gasteiger partial charge in [-0.1, -0.05) is 45.5 Å². The minimum atomic E-state index is -1.22. The van der Waals surface area contributed by atoms with Gasteiger partial charge < -0.3 is 15.7 Å². The first kappa shape index (κ1) is 21.2. The van der Waals surface area contributed by atoms with Crippen molar-refractivity contribution in [3.63, 3.8) is 0 Å². The lowest BCUT2D eigenvalue weighted by Crippen LogP contribution is -2.50. The molecule has 0 unspecified atom stereocenters. The summed E-state index contributed by atoms with van der Waals surface area (Å²) < 4.78 is 0. The van der Waals surface area contributed by atoms with Crippen LogP contribution in [0.2, 0.25) is 0 Å². The normalized spacial score (nSPS) is 13.9. The molecule has 0 aliphatic carbocycles. The number of anilines is 1. The zero-order chi connectivity index (χ0) is 19.4. The molecule has 8 heteroatoms. The molecule has 140 valence electrons. The number of ketones is 1. The molecule has 25 heavy (non-hydrogen) atoms. The SMILES string of the molecule is CCC[C@H](NC(=O)[C@@H](O)C(C)(C)C)C(=O)Nc1nc(C)c(C(C)=O)s1. The molecule has 2 amide bonds. The number of rotatable bonds is 7. The van der Waals surface area contributed by atoms with E-state index in [1.54, 1.807) is 27.7 Å². The van der Waals surface area contributed by atoms with Gasteiger partial charge in [0.1, 0.15) is 12.1 Å². The number of nitrogens with zero attached hydrogens (tertiary/aromatic N) is 1. The Morgan fingerprint density at radius 1 is 1.24 bits per heavy atom. The van der Waals surface area contributed by atoms with Crippen molar-refractivity contribution >= 4 is 34.1 Å². The second kappa shape index (κ2) is 8.53. The van der Waals surface area contributed by atoms with Crippen LogP contribution in [-0.2, 0) is 9.59 Å². The molecule has 0 fully saturated rings. The highest BCUT2D eigenvalue weighted by Gasteiger charge is 2.32. The van der Waals surface area contributed by atoms with Crippen LogP contribution < -0.4 is 10.6 Å². The van der Waals surface area contributed by atoms with Crippen molar-refractivity contribution in [1.82, 2.24) is 10.3 Å². The fourth-order valence-electron chi connectivity index (χ4n) is 2.17. The number of aliphatic hydroxyl groups is 1. The highest BCUT2D eigenvalue weighted by Crippen LogP contribution is 2.23. The molecule has 7 nitrogen and oxygen atoms in total. The topological polar surface area (TPSA) is 108 Å². The third-order valence-corrected chi connectivity index (χ3v) is 4.80. The Morgan fingerprint density at radius 2 is 1.84 bits per heavy atom. The number of nitrogens with one attached hydrogen (secondary N) is 2. The maximum Gasteiger partial charge on any atom is 0.250 e. The summed E-state index contributed by atoms with van der Waals surface area (Å²) >= 11 is 1.11. The minimum absolute atomic E-state index is 0.109. The quantitative estimate of drug-likeness (QED) is 0.639. The number of aryl methyl sites for hydroxylation is 1. The van der Waals surface area contributed by atoms with Gasteiger partial charge in [-0.2, -0.15) is 0 Å². The summed E-state index contributed by atoms with van der Waals surface area (Å²) in [4.78, 5) is 40.8. The smallest absolute Gasteiger partial charge is 0.250 e. The number of carbonyl (C=O) groups excluding carboxylic acids is 3. The molecular formula is C17H27N3O4S. The molecule has 0 radical (unpaired) electrons. The van der Waals surface area contributed by atoms with Crippen LogP contribution in [0.5, 0.6) is 0 Å². The van der Waals surface area contributed by atoms with E-state index in [0.29, 0.717) is 28.5 Å². The van der Waals surface area contributed by atoms with Crippen LogP contribution >= 0.6 is 11.3 Å². The maximum atomic E-state index is 12.5. The number of carbonyl (C=O) groups is 3. The van der Waals surface area contributed by atoms with E-state index in [4.69, 9.17) is 0 Å². The van der Waals surface area contributed by atoms with E-state index in [1.165, 1.54) is 6.92 Å². The van der Waals surface area contributed by atoms with E-state index in [2.05, 4.69) is 15.6 Å². The Hall–Kier alpha value is -1.80. The Labute approximate surface area is 152 Å². The molecule has 0 spiro atoms. The molecule has 0 saturated carbocycles. The summed E-state index contributed by atoms with van der Waals surface area (Å²) in [6.07, 6.45) is -0.108. The van der Waals surface area contributed by atoms with Gasteiger partial charge in [0, 0.05) is 6.92 Å². The third kappa shape index (κ3) is 5.89. The average molecular weight is 369 g/mol. The van der Waals surface area contributed by atoms with E-state index in [-0.39, 0.29) is 5.78 Å². The minimum Gasteiger partial charge on any atom is -0.383 e. The molecule has 1 heterocycles. The molecule has 0 aliphatic rings. The van der Waals surface area contributed by atoms with Crippen molar-refractivity contribution in [3.8, 4) is 0 Å². The lowest BCUT2D eigenvalue weighted by atomic mass is 9.88. The van der Waals surface area contributed by atoms with E-state index in [1.807, 2.05) is 6.92 Å². The number of aromatic nitrogens is 1. The predicted octanol–water partition coefficient (Wildman–Crippen LogP) is 2.28. The number of amides is 2. The van der Waals surface area contributed by atoms with Gasteiger partial charge >= 0.3 is 0 Å². The molecule has 1 aromatic heterocycles. The second-order valence-corrected chi connectivity index (χ2v) is 8.10. The number of hydrogen-bond donors (Lipinski definition) is 3. The zero-order valence-electron chi connectivity index (χ0n) is 15.6. The van der Waals surface area contributed by atoms with Crippen molar-refractivity contribution in [3.05, 3.63) is 10.6 Å². The summed E-state index contributed by atoms with van der Waals surface area (Å²) in [6.45, 7) is 10.3. The molecule has 0 aromatic carbocycles. The van der Waals surface area contributed by atoms with Gasteiger partial charge in [0.05, 0.1) is 10.6 Å². The Balaban J connectivity index is 2.85. The van der Waals surface area contributed by atoms with Gasteiger partial charge in [-0.05, 0) is 18.8 Å². The number of Topliss-reactive ketones (excluding diaryl/α,β-unsaturated/α-hetero) is 1. The molecule has 3 N–H and O–H groups in total. The van der Waals surface area contributed by atoms with Crippen molar-refractivity contribution in [2.75, 3.05) is 5.32 Å². The van der Waals surface area contributed by atoms with E-state index < -0.39 is 29.4 Å². The van der Waals surface area contributed by atoms with Gasteiger partial charge in [-0.15, -0.1) is 0 Å². The van der Waals surface area contributed by atoms with Crippen molar-refractivity contribution in [2.45, 2.75) is 66.5 Å². The van der Waals surface area contributed by atoms with Crippen molar-refractivity contribution in [1.29, 1.82) is 0 Å². The van der Waals surface area contributed by atoms with Gasteiger partial charge in [-0.3, -0.25) is 14.4 Å². The lowest BCUT2D eigenvalue weighted by molar-refractivity contribution is -0.137. The molecule has 1 rings (SSSR count). The van der Waals surface area contributed by atoms with Crippen LogP contribution in [0, 0.1) is 12.3 Å². The summed E-state index contributed by atoms with van der Waals surface area (Å²) in [5.41, 5.74) is -0.0628. The molecule has 0 aliphatic heterocycles. The summed E-state index contributed by atoms with van der Waals surface area (Å²) in [5, 5.41) is 15.6. The standard InChI is InChI=1S/C17H27N3O4S/c1-7-8-11(19-15(24)13(22)17(4,5)6)14(23)20-16-18-9(2)12(25-16)10(3)21/h11,13,22H,7-8H2,1-6H3,(H,19,24)(H,18,20,23)/t11-,13+/m0/s1. The van der Waals surface area contributed by atoms with Gasteiger partial charge in [0.15, 0.2) is 10.9 Å². The highest BCUT2D eigenvalue weighted by molar-refractivity contribution is 7.17. The summed E-state index contributed by atoms with van der Waals surface area (Å²) in [7, 11) is 0. The van der Waals surface area contributed by atoms with Gasteiger partial charge in [0.25, 0.3) is 0 Å². The van der Waals surface area contributed by atoms with Crippen LogP contribution in [0.3, 0.4) is 0 Å². The molecule has 0 bridgehead atoms. The van der Waals surface area contributed by atoms with Gasteiger partial charge in [0.2, 0.25) is 11.8 Å². The highest BCUT2D eigenvalue weighted by atomic mass is 32.1. The van der Waals surface area contributed by atoms with E-state index in [9.17, 15) is 19.5 Å². The first-order chi connectivity index (χ1) is 11.5. The fraction of sp³-hybridized carbons (Fsp3) is 0.647. The second-order valence-electron chi connectivity index (χ2n) is 7.10. The Morgan fingerprint density at radius 3 is 2.28 bits per heavy atom. The largest absolute Gasteiger partial charge is 0.383 e. The van der Waals surface area contributed by atoms with Crippen LogP contribution in [0.25, 0.3) is 0 Å². The number of hydrogen-bond acceptors (Lipinski definition) is 6. The fourth-order valence-corrected chi connectivity index (χ4v) is 3.04. The van der Waals surface area contributed by atoms with Crippen molar-refractivity contribution in [2.24, 2.45) is 5.41 Å². The van der Waals surface area contributed by atoms with E-state index in [0.717, 1.165) is 11.3 Å². The third-order valence-electron chi connectivity index (χ3n) is 3.63.